The molecule has 2 aromatic rings. The molecule has 0 amide bonds. The van der Waals surface area contributed by atoms with Crippen LogP contribution in [-0.2, 0) is 0 Å². The maximum Gasteiger partial charge on any atom is 0.277 e. The highest BCUT2D eigenvalue weighted by atomic mass is 79.9. The quantitative estimate of drug-likeness (QED) is 0.812. The van der Waals surface area contributed by atoms with E-state index in [-0.39, 0.29) is 10.7 Å². The zero-order chi connectivity index (χ0) is 14.2. The normalized spacial score (nSPS) is 13.8. The van der Waals surface area contributed by atoms with Crippen LogP contribution in [0.25, 0.3) is 10.8 Å². The second kappa shape index (κ2) is 5.31. The average Bonchev–Trinajstić information content (AvgIpc) is 2.38. The molecule has 2 rings (SSSR count). The highest BCUT2D eigenvalue weighted by molar-refractivity contribution is 9.10. The van der Waals surface area contributed by atoms with E-state index >= 15 is 0 Å². The van der Waals surface area contributed by atoms with E-state index in [1.165, 1.54) is 25.3 Å². The topological polar surface area (TPSA) is 33.1 Å². The number of aliphatic hydroxyl groups is 1. The van der Waals surface area contributed by atoms with Crippen LogP contribution in [0.1, 0.15) is 25.0 Å². The Bertz CT molecular complexity index is 621. The predicted octanol–water partition coefficient (Wildman–Crippen LogP) is 4.73. The Hall–Kier alpha value is -0.780. The summed E-state index contributed by atoms with van der Waals surface area (Å²) in [5.41, 5.74) is 0.148. The molecule has 0 aliphatic carbocycles. The van der Waals surface area contributed by atoms with Crippen molar-refractivity contribution in [3.05, 3.63) is 39.6 Å². The van der Waals surface area contributed by atoms with Crippen molar-refractivity contribution in [2.45, 2.75) is 25.4 Å². The summed E-state index contributed by atoms with van der Waals surface area (Å²) in [6, 6.07) is 4.56. The SMILES string of the molecule is CCC(F)(F)C(O)c1ccc(Br)c2cnc(Cl)cc12. The van der Waals surface area contributed by atoms with Crippen molar-refractivity contribution in [1.29, 1.82) is 0 Å². The zero-order valence-corrected chi connectivity index (χ0v) is 12.3. The Morgan fingerprint density at radius 2 is 2.11 bits per heavy atom. The standard InChI is InChI=1S/C13H11BrClF2NO/c1-2-13(16,17)12(19)7-3-4-10(14)9-6-18-11(15)5-8(7)9/h3-6,12,19H,2H2,1H3. The van der Waals surface area contributed by atoms with Gasteiger partial charge in [-0.25, -0.2) is 13.8 Å². The first-order chi connectivity index (χ1) is 8.86. The van der Waals surface area contributed by atoms with Gasteiger partial charge in [0.25, 0.3) is 5.92 Å². The molecular formula is C13H11BrClF2NO. The van der Waals surface area contributed by atoms with Crippen LogP contribution in [0.4, 0.5) is 8.78 Å². The summed E-state index contributed by atoms with van der Waals surface area (Å²) < 4.78 is 28.0. The molecule has 1 N–H and O–H groups in total. The number of rotatable bonds is 3. The van der Waals surface area contributed by atoms with Crippen molar-refractivity contribution in [2.24, 2.45) is 0 Å². The molecule has 0 aliphatic heterocycles. The highest BCUT2D eigenvalue weighted by Gasteiger charge is 2.38. The van der Waals surface area contributed by atoms with Crippen molar-refractivity contribution in [1.82, 2.24) is 4.98 Å². The summed E-state index contributed by atoms with van der Waals surface area (Å²) in [6.45, 7) is 1.33. The predicted molar refractivity (Wildman–Crippen MR) is 74.7 cm³/mol. The molecular weight excluding hydrogens is 340 g/mol. The first-order valence-corrected chi connectivity index (χ1v) is 6.83. The molecule has 102 valence electrons. The van der Waals surface area contributed by atoms with Gasteiger partial charge in [0.2, 0.25) is 0 Å². The van der Waals surface area contributed by atoms with E-state index in [1.807, 2.05) is 0 Å². The fourth-order valence-electron chi connectivity index (χ4n) is 1.86. The van der Waals surface area contributed by atoms with E-state index < -0.39 is 18.4 Å². The number of nitrogens with zero attached hydrogens (tertiary/aromatic N) is 1. The van der Waals surface area contributed by atoms with Gasteiger partial charge in [0.05, 0.1) is 0 Å². The fourth-order valence-corrected chi connectivity index (χ4v) is 2.47. The molecule has 19 heavy (non-hydrogen) atoms. The fraction of sp³-hybridized carbons (Fsp3) is 0.308. The van der Waals surface area contributed by atoms with Gasteiger partial charge >= 0.3 is 0 Å². The maximum absolute atomic E-state index is 13.7. The number of benzene rings is 1. The molecule has 2 nitrogen and oxygen atoms in total. The Morgan fingerprint density at radius 3 is 2.74 bits per heavy atom. The molecule has 0 radical (unpaired) electrons. The Balaban J connectivity index is 2.67. The lowest BCUT2D eigenvalue weighted by atomic mass is 9.97. The second-order valence-electron chi connectivity index (χ2n) is 4.21. The highest BCUT2D eigenvalue weighted by Crippen LogP contribution is 2.39. The summed E-state index contributed by atoms with van der Waals surface area (Å²) in [5.74, 6) is -3.18. The summed E-state index contributed by atoms with van der Waals surface area (Å²) in [4.78, 5) is 3.92. The molecule has 0 spiro atoms. The first kappa shape index (κ1) is 14.6. The van der Waals surface area contributed by atoms with Crippen LogP contribution in [0, 0.1) is 0 Å². The number of fused-ring (bicyclic) bond motifs is 1. The van der Waals surface area contributed by atoms with Crippen molar-refractivity contribution in [3.63, 3.8) is 0 Å². The Kier molecular flexibility index (Phi) is 4.08. The van der Waals surface area contributed by atoms with Gasteiger partial charge in [0.1, 0.15) is 11.3 Å². The van der Waals surface area contributed by atoms with Gasteiger partial charge in [-0.05, 0) is 23.1 Å². The summed E-state index contributed by atoms with van der Waals surface area (Å²) >= 11 is 9.12. The Labute approximate surface area is 122 Å². The van der Waals surface area contributed by atoms with E-state index in [2.05, 4.69) is 20.9 Å². The lowest BCUT2D eigenvalue weighted by Crippen LogP contribution is -2.25. The van der Waals surface area contributed by atoms with Crippen molar-refractivity contribution in [3.8, 4) is 0 Å². The van der Waals surface area contributed by atoms with Crippen molar-refractivity contribution in [2.75, 3.05) is 0 Å². The van der Waals surface area contributed by atoms with Gasteiger partial charge in [-0.1, -0.05) is 40.5 Å². The summed E-state index contributed by atoms with van der Waals surface area (Å²) in [6.07, 6.45) is -0.821. The van der Waals surface area contributed by atoms with Crippen LogP contribution in [-0.4, -0.2) is 16.0 Å². The average molecular weight is 351 g/mol. The number of aromatic nitrogens is 1. The molecule has 0 bridgehead atoms. The number of aliphatic hydroxyl groups excluding tert-OH is 1. The lowest BCUT2D eigenvalue weighted by Gasteiger charge is -2.23. The minimum absolute atomic E-state index is 0.148. The molecule has 0 fully saturated rings. The van der Waals surface area contributed by atoms with Crippen LogP contribution in [0.2, 0.25) is 5.15 Å². The molecule has 0 aliphatic rings. The van der Waals surface area contributed by atoms with Gasteiger partial charge in [-0.15, -0.1) is 0 Å². The van der Waals surface area contributed by atoms with Crippen LogP contribution in [0.5, 0.6) is 0 Å². The third kappa shape index (κ3) is 2.73. The van der Waals surface area contributed by atoms with Gasteiger partial charge < -0.3 is 5.11 Å². The molecule has 0 saturated carbocycles. The minimum atomic E-state index is -3.18. The van der Waals surface area contributed by atoms with E-state index in [4.69, 9.17) is 11.6 Å². The third-order valence-corrected chi connectivity index (χ3v) is 3.91. The minimum Gasteiger partial charge on any atom is -0.382 e. The van der Waals surface area contributed by atoms with Crippen molar-refractivity contribution < 1.29 is 13.9 Å². The van der Waals surface area contributed by atoms with Gasteiger partial charge in [0, 0.05) is 22.5 Å². The first-order valence-electron chi connectivity index (χ1n) is 5.66. The lowest BCUT2D eigenvalue weighted by molar-refractivity contribution is -0.112. The Morgan fingerprint density at radius 1 is 1.42 bits per heavy atom. The summed E-state index contributed by atoms with van der Waals surface area (Å²) in [5, 5.41) is 11.2. The van der Waals surface area contributed by atoms with E-state index in [9.17, 15) is 13.9 Å². The van der Waals surface area contributed by atoms with Crippen LogP contribution in [0.15, 0.2) is 28.9 Å². The number of pyridine rings is 1. The zero-order valence-electron chi connectivity index (χ0n) is 10.0. The number of alkyl halides is 2. The van der Waals surface area contributed by atoms with Gasteiger partial charge in [-0.2, -0.15) is 0 Å². The smallest absolute Gasteiger partial charge is 0.277 e. The molecule has 1 aromatic carbocycles. The molecule has 1 unspecified atom stereocenters. The van der Waals surface area contributed by atoms with Crippen LogP contribution < -0.4 is 0 Å². The second-order valence-corrected chi connectivity index (χ2v) is 5.45. The van der Waals surface area contributed by atoms with E-state index in [0.29, 0.717) is 15.2 Å². The molecule has 6 heteroatoms. The van der Waals surface area contributed by atoms with E-state index in [0.717, 1.165) is 0 Å². The number of halogens is 4. The van der Waals surface area contributed by atoms with Crippen molar-refractivity contribution >= 4 is 38.3 Å². The molecule has 1 aromatic heterocycles. The molecule has 0 saturated heterocycles. The third-order valence-electron chi connectivity index (χ3n) is 3.01. The number of hydrogen-bond acceptors (Lipinski definition) is 2. The van der Waals surface area contributed by atoms with Crippen LogP contribution >= 0.6 is 27.5 Å². The molecule has 1 heterocycles. The van der Waals surface area contributed by atoms with Gasteiger partial charge in [0.15, 0.2) is 0 Å². The van der Waals surface area contributed by atoms with E-state index in [1.54, 1.807) is 6.07 Å². The number of hydrogen-bond donors (Lipinski definition) is 1. The monoisotopic (exact) mass is 349 g/mol. The molecule has 1 atom stereocenters. The maximum atomic E-state index is 13.7. The van der Waals surface area contributed by atoms with Crippen LogP contribution in [0.3, 0.4) is 0 Å². The largest absolute Gasteiger partial charge is 0.382 e. The van der Waals surface area contributed by atoms with Gasteiger partial charge in [-0.3, -0.25) is 0 Å². The summed E-state index contributed by atoms with van der Waals surface area (Å²) in [7, 11) is 0.